The van der Waals surface area contributed by atoms with Gasteiger partial charge in [-0.25, -0.2) is 8.42 Å². The third-order valence-electron chi connectivity index (χ3n) is 3.73. The van der Waals surface area contributed by atoms with Crippen molar-refractivity contribution in [3.8, 4) is 0 Å². The Bertz CT molecular complexity index is 799. The van der Waals surface area contributed by atoms with Gasteiger partial charge in [0, 0.05) is 10.9 Å². The summed E-state index contributed by atoms with van der Waals surface area (Å²) in [6, 6.07) is 14.1. The first kappa shape index (κ1) is 18.7. The summed E-state index contributed by atoms with van der Waals surface area (Å²) in [6.07, 6.45) is -0.0585. The number of hydrogen-bond acceptors (Lipinski definition) is 3. The molecule has 128 valence electrons. The molecule has 2 rings (SSSR count). The Morgan fingerprint density at radius 3 is 2.25 bits per heavy atom. The zero-order valence-corrected chi connectivity index (χ0v) is 16.0. The molecule has 0 saturated heterocycles. The van der Waals surface area contributed by atoms with E-state index in [1.54, 1.807) is 24.3 Å². The third-order valence-corrected chi connectivity index (χ3v) is 5.99. The lowest BCUT2D eigenvalue weighted by atomic mass is 10.1. The maximum Gasteiger partial charge on any atom is 0.221 e. The Labute approximate surface area is 151 Å². The van der Waals surface area contributed by atoms with Crippen molar-refractivity contribution >= 4 is 31.7 Å². The second kappa shape index (κ2) is 7.94. The van der Waals surface area contributed by atoms with Crippen molar-refractivity contribution < 1.29 is 13.2 Å². The molecule has 0 bridgehead atoms. The maximum atomic E-state index is 12.3. The highest BCUT2D eigenvalue weighted by molar-refractivity contribution is 9.10. The lowest BCUT2D eigenvalue weighted by Crippen LogP contribution is -2.28. The monoisotopic (exact) mass is 409 g/mol. The molecule has 0 aromatic heterocycles. The van der Waals surface area contributed by atoms with E-state index in [9.17, 15) is 13.2 Å². The smallest absolute Gasteiger partial charge is 0.221 e. The van der Waals surface area contributed by atoms with Gasteiger partial charge in [-0.1, -0.05) is 45.8 Å². The first-order valence-corrected chi connectivity index (χ1v) is 10.1. The van der Waals surface area contributed by atoms with Crippen molar-refractivity contribution in [2.24, 2.45) is 0 Å². The molecule has 4 nitrogen and oxygen atoms in total. The molecule has 0 fully saturated rings. The van der Waals surface area contributed by atoms with Gasteiger partial charge in [0.1, 0.15) is 0 Å². The summed E-state index contributed by atoms with van der Waals surface area (Å²) in [4.78, 5) is 12.3. The zero-order valence-electron chi connectivity index (χ0n) is 13.6. The third kappa shape index (κ3) is 5.18. The summed E-state index contributed by atoms with van der Waals surface area (Å²) in [6.45, 7) is 3.77. The van der Waals surface area contributed by atoms with Gasteiger partial charge in [-0.3, -0.25) is 4.79 Å². The van der Waals surface area contributed by atoms with E-state index in [0.29, 0.717) is 0 Å². The molecule has 2 aromatic carbocycles. The van der Waals surface area contributed by atoms with Crippen LogP contribution in [0, 0.1) is 6.92 Å². The SMILES string of the molecule is Cc1ccc(S(=O)(=O)CCC(=O)N[C@@H](C)c2ccc(Br)cc2)cc1. The summed E-state index contributed by atoms with van der Waals surface area (Å²) in [5, 5.41) is 2.83. The number of carbonyl (C=O) groups is 1. The van der Waals surface area contributed by atoms with Crippen LogP contribution in [0.5, 0.6) is 0 Å². The minimum Gasteiger partial charge on any atom is -0.350 e. The molecular formula is C18H20BrNO3S. The van der Waals surface area contributed by atoms with Gasteiger partial charge in [0.2, 0.25) is 5.91 Å². The van der Waals surface area contributed by atoms with E-state index in [2.05, 4.69) is 21.2 Å². The van der Waals surface area contributed by atoms with Crippen LogP contribution in [0.3, 0.4) is 0 Å². The molecule has 0 heterocycles. The molecule has 0 saturated carbocycles. The van der Waals surface area contributed by atoms with E-state index in [1.165, 1.54) is 0 Å². The Morgan fingerprint density at radius 1 is 1.08 bits per heavy atom. The molecule has 1 atom stereocenters. The van der Waals surface area contributed by atoms with E-state index < -0.39 is 9.84 Å². The fourth-order valence-electron chi connectivity index (χ4n) is 2.24. The van der Waals surface area contributed by atoms with Gasteiger partial charge in [0.05, 0.1) is 16.7 Å². The highest BCUT2D eigenvalue weighted by Crippen LogP contribution is 2.17. The lowest BCUT2D eigenvalue weighted by Gasteiger charge is -2.14. The molecular weight excluding hydrogens is 390 g/mol. The first-order valence-electron chi connectivity index (χ1n) is 7.62. The molecule has 0 aliphatic rings. The van der Waals surface area contributed by atoms with Crippen molar-refractivity contribution in [1.82, 2.24) is 5.32 Å². The molecule has 1 N–H and O–H groups in total. The fourth-order valence-corrected chi connectivity index (χ4v) is 3.74. The predicted molar refractivity (Wildman–Crippen MR) is 98.5 cm³/mol. The van der Waals surface area contributed by atoms with Gasteiger partial charge in [0.25, 0.3) is 0 Å². The van der Waals surface area contributed by atoms with Gasteiger partial charge >= 0.3 is 0 Å². The molecule has 0 aliphatic carbocycles. The topological polar surface area (TPSA) is 63.2 Å². The summed E-state index contributed by atoms with van der Waals surface area (Å²) >= 11 is 3.36. The van der Waals surface area contributed by atoms with E-state index in [4.69, 9.17) is 0 Å². The average Bonchev–Trinajstić information content (AvgIpc) is 2.54. The first-order chi connectivity index (χ1) is 11.3. The molecule has 0 aliphatic heterocycles. The Balaban J connectivity index is 1.92. The molecule has 1 amide bonds. The van der Waals surface area contributed by atoms with Crippen LogP contribution in [0.15, 0.2) is 57.9 Å². The van der Waals surface area contributed by atoms with Crippen LogP contribution in [0.4, 0.5) is 0 Å². The van der Waals surface area contributed by atoms with Crippen LogP contribution in [-0.4, -0.2) is 20.1 Å². The zero-order chi connectivity index (χ0) is 17.7. The number of rotatable bonds is 6. The Morgan fingerprint density at radius 2 is 1.67 bits per heavy atom. The number of carbonyl (C=O) groups excluding carboxylic acids is 1. The van der Waals surface area contributed by atoms with Crippen LogP contribution >= 0.6 is 15.9 Å². The predicted octanol–water partition coefficient (Wildman–Crippen LogP) is 3.80. The van der Waals surface area contributed by atoms with Gasteiger partial charge in [-0.05, 0) is 43.7 Å². The van der Waals surface area contributed by atoms with E-state index >= 15 is 0 Å². The van der Waals surface area contributed by atoms with Crippen molar-refractivity contribution in [3.05, 3.63) is 64.1 Å². The number of halogens is 1. The molecule has 24 heavy (non-hydrogen) atoms. The van der Waals surface area contributed by atoms with Crippen molar-refractivity contribution in [3.63, 3.8) is 0 Å². The van der Waals surface area contributed by atoms with Crippen LogP contribution in [0.2, 0.25) is 0 Å². The van der Waals surface area contributed by atoms with Gasteiger partial charge in [-0.15, -0.1) is 0 Å². The number of aryl methyl sites for hydroxylation is 1. The van der Waals surface area contributed by atoms with E-state index in [0.717, 1.165) is 15.6 Å². The van der Waals surface area contributed by atoms with Crippen molar-refractivity contribution in [1.29, 1.82) is 0 Å². The average molecular weight is 410 g/mol. The minimum absolute atomic E-state index is 0.0585. The van der Waals surface area contributed by atoms with Gasteiger partial charge < -0.3 is 5.32 Å². The van der Waals surface area contributed by atoms with Crippen LogP contribution < -0.4 is 5.32 Å². The summed E-state index contributed by atoms with van der Waals surface area (Å²) in [5.41, 5.74) is 1.96. The molecule has 2 aromatic rings. The van der Waals surface area contributed by atoms with Crippen LogP contribution in [0.1, 0.15) is 30.5 Å². The standard InChI is InChI=1S/C18H20BrNO3S/c1-13-3-9-17(10-4-13)24(22,23)12-11-18(21)20-14(2)15-5-7-16(19)8-6-15/h3-10,14H,11-12H2,1-2H3,(H,20,21)/t14-/m0/s1. The summed E-state index contributed by atoms with van der Waals surface area (Å²) in [5.74, 6) is -0.476. The normalized spacial score (nSPS) is 12.6. The second-order valence-corrected chi connectivity index (χ2v) is 8.75. The Hall–Kier alpha value is -1.66. The number of nitrogens with one attached hydrogen (secondary N) is 1. The van der Waals surface area contributed by atoms with Gasteiger partial charge in [0.15, 0.2) is 9.84 Å². The largest absolute Gasteiger partial charge is 0.350 e. The molecule has 6 heteroatoms. The highest BCUT2D eigenvalue weighted by atomic mass is 79.9. The number of sulfone groups is 1. The highest BCUT2D eigenvalue weighted by Gasteiger charge is 2.17. The van der Waals surface area contributed by atoms with Crippen molar-refractivity contribution in [2.45, 2.75) is 31.2 Å². The number of benzene rings is 2. The quantitative estimate of drug-likeness (QED) is 0.788. The fraction of sp³-hybridized carbons (Fsp3) is 0.278. The van der Waals surface area contributed by atoms with E-state index in [-0.39, 0.29) is 29.0 Å². The molecule has 0 radical (unpaired) electrons. The van der Waals surface area contributed by atoms with Gasteiger partial charge in [-0.2, -0.15) is 0 Å². The molecule has 0 spiro atoms. The summed E-state index contributed by atoms with van der Waals surface area (Å²) in [7, 11) is -3.45. The lowest BCUT2D eigenvalue weighted by molar-refractivity contribution is -0.121. The van der Waals surface area contributed by atoms with Crippen LogP contribution in [-0.2, 0) is 14.6 Å². The summed E-state index contributed by atoms with van der Waals surface area (Å²) < 4.78 is 25.5. The van der Waals surface area contributed by atoms with E-state index in [1.807, 2.05) is 38.1 Å². The van der Waals surface area contributed by atoms with Crippen molar-refractivity contribution in [2.75, 3.05) is 5.75 Å². The number of amides is 1. The second-order valence-electron chi connectivity index (χ2n) is 5.72. The Kier molecular flexibility index (Phi) is 6.18. The minimum atomic E-state index is -3.45. The number of hydrogen-bond donors (Lipinski definition) is 1. The maximum absolute atomic E-state index is 12.3. The van der Waals surface area contributed by atoms with Crippen LogP contribution in [0.25, 0.3) is 0 Å². The molecule has 0 unspecified atom stereocenters.